The first-order valence-electron chi connectivity index (χ1n) is 3.77. The highest BCUT2D eigenvalue weighted by Gasteiger charge is 2.07. The molecule has 0 heterocycles. The smallest absolute Gasteiger partial charge is 0.123 e. The van der Waals surface area contributed by atoms with Crippen LogP contribution in [0.15, 0.2) is 18.2 Å². The van der Waals surface area contributed by atoms with Gasteiger partial charge < -0.3 is 10.8 Å². The minimum absolute atomic E-state index is 0. The molecule has 13 heavy (non-hydrogen) atoms. The fraction of sp³-hybridized carbons (Fsp3) is 0.333. The van der Waals surface area contributed by atoms with E-state index in [9.17, 15) is 4.39 Å². The van der Waals surface area contributed by atoms with Crippen molar-refractivity contribution >= 4 is 12.4 Å². The first-order chi connectivity index (χ1) is 5.65. The molecule has 0 aromatic heterocycles. The standard InChI is InChI=1S/C9H12FNO.ClH/c1-6-2-3-7(10)4-8(6)9(11)5-12;/h2-4,9,12H,5,11H2,1H3;1H/t9-;/m0./s1. The van der Waals surface area contributed by atoms with Crippen molar-refractivity contribution in [3.05, 3.63) is 35.1 Å². The lowest BCUT2D eigenvalue weighted by molar-refractivity contribution is 0.267. The highest BCUT2D eigenvalue weighted by Crippen LogP contribution is 2.16. The maximum Gasteiger partial charge on any atom is 0.123 e. The van der Waals surface area contributed by atoms with E-state index in [0.717, 1.165) is 5.56 Å². The number of aryl methyl sites for hydroxylation is 1. The van der Waals surface area contributed by atoms with E-state index in [1.54, 1.807) is 6.07 Å². The van der Waals surface area contributed by atoms with E-state index >= 15 is 0 Å². The van der Waals surface area contributed by atoms with Gasteiger partial charge in [0.2, 0.25) is 0 Å². The fourth-order valence-electron chi connectivity index (χ4n) is 1.11. The average Bonchev–Trinajstić information content (AvgIpc) is 2.08. The van der Waals surface area contributed by atoms with Crippen LogP contribution in [-0.2, 0) is 0 Å². The molecule has 0 amide bonds. The quantitative estimate of drug-likeness (QED) is 0.770. The molecule has 0 aliphatic heterocycles. The van der Waals surface area contributed by atoms with Gasteiger partial charge >= 0.3 is 0 Å². The fourth-order valence-corrected chi connectivity index (χ4v) is 1.11. The largest absolute Gasteiger partial charge is 0.394 e. The van der Waals surface area contributed by atoms with Crippen LogP contribution in [0, 0.1) is 12.7 Å². The van der Waals surface area contributed by atoms with Gasteiger partial charge in [0.15, 0.2) is 0 Å². The third-order valence-corrected chi connectivity index (χ3v) is 1.84. The van der Waals surface area contributed by atoms with Crippen LogP contribution in [0.3, 0.4) is 0 Å². The van der Waals surface area contributed by atoms with E-state index in [-0.39, 0.29) is 24.8 Å². The molecular formula is C9H13ClFNO. The maximum absolute atomic E-state index is 12.7. The van der Waals surface area contributed by atoms with Crippen molar-refractivity contribution in [3.63, 3.8) is 0 Å². The summed E-state index contributed by atoms with van der Waals surface area (Å²) in [5.74, 6) is -0.320. The molecule has 0 fully saturated rings. The van der Waals surface area contributed by atoms with Crippen LogP contribution >= 0.6 is 12.4 Å². The second-order valence-electron chi connectivity index (χ2n) is 2.79. The van der Waals surface area contributed by atoms with E-state index in [1.807, 2.05) is 6.92 Å². The first-order valence-corrected chi connectivity index (χ1v) is 3.77. The zero-order valence-corrected chi connectivity index (χ0v) is 8.14. The predicted octanol–water partition coefficient (Wildman–Crippen LogP) is 1.55. The molecule has 0 saturated heterocycles. The molecule has 3 N–H and O–H groups in total. The summed E-state index contributed by atoms with van der Waals surface area (Å²) in [7, 11) is 0. The third kappa shape index (κ3) is 2.95. The molecule has 1 rings (SSSR count). The van der Waals surface area contributed by atoms with E-state index in [2.05, 4.69) is 0 Å². The first kappa shape index (κ1) is 12.4. The van der Waals surface area contributed by atoms with Gasteiger partial charge in [-0.05, 0) is 30.2 Å². The number of halogens is 2. The van der Waals surface area contributed by atoms with Crippen LogP contribution < -0.4 is 5.73 Å². The molecule has 0 aliphatic rings. The van der Waals surface area contributed by atoms with Crippen molar-refractivity contribution in [2.75, 3.05) is 6.61 Å². The summed E-state index contributed by atoms with van der Waals surface area (Å²) in [5.41, 5.74) is 7.11. The molecule has 1 aromatic rings. The Kier molecular flexibility index (Phi) is 4.91. The van der Waals surface area contributed by atoms with Crippen molar-refractivity contribution in [3.8, 4) is 0 Å². The minimum Gasteiger partial charge on any atom is -0.394 e. The summed E-state index contributed by atoms with van der Waals surface area (Å²) in [6.07, 6.45) is 0. The Balaban J connectivity index is 0.00000144. The SMILES string of the molecule is Cc1ccc(F)cc1[C@@H](N)CO.Cl. The van der Waals surface area contributed by atoms with E-state index < -0.39 is 6.04 Å². The van der Waals surface area contributed by atoms with Gasteiger partial charge in [-0.25, -0.2) is 4.39 Å². The Bertz CT molecular complexity index is 280. The van der Waals surface area contributed by atoms with E-state index in [0.29, 0.717) is 5.56 Å². The minimum atomic E-state index is -0.485. The molecule has 74 valence electrons. The highest BCUT2D eigenvalue weighted by molar-refractivity contribution is 5.85. The topological polar surface area (TPSA) is 46.2 Å². The Labute approximate surface area is 83.0 Å². The normalized spacial score (nSPS) is 12.0. The monoisotopic (exact) mass is 205 g/mol. The molecule has 0 aliphatic carbocycles. The van der Waals surface area contributed by atoms with Gasteiger partial charge in [0.25, 0.3) is 0 Å². The van der Waals surface area contributed by atoms with Crippen LogP contribution in [0.25, 0.3) is 0 Å². The van der Waals surface area contributed by atoms with Crippen LogP contribution in [0.2, 0.25) is 0 Å². The van der Waals surface area contributed by atoms with Crippen molar-refractivity contribution in [2.45, 2.75) is 13.0 Å². The van der Waals surface area contributed by atoms with Crippen molar-refractivity contribution < 1.29 is 9.50 Å². The summed E-state index contributed by atoms with van der Waals surface area (Å²) in [4.78, 5) is 0. The number of aliphatic hydroxyl groups excluding tert-OH is 1. The molecule has 0 unspecified atom stereocenters. The average molecular weight is 206 g/mol. The zero-order valence-electron chi connectivity index (χ0n) is 7.33. The maximum atomic E-state index is 12.7. The lowest BCUT2D eigenvalue weighted by atomic mass is 10.0. The van der Waals surface area contributed by atoms with Gasteiger partial charge in [0.1, 0.15) is 5.82 Å². The summed E-state index contributed by atoms with van der Waals surface area (Å²) >= 11 is 0. The molecule has 0 saturated carbocycles. The molecule has 0 spiro atoms. The summed E-state index contributed by atoms with van der Waals surface area (Å²) < 4.78 is 12.7. The molecule has 4 heteroatoms. The van der Waals surface area contributed by atoms with Crippen LogP contribution in [0.4, 0.5) is 4.39 Å². The van der Waals surface area contributed by atoms with Gasteiger partial charge in [-0.3, -0.25) is 0 Å². The van der Waals surface area contributed by atoms with Crippen LogP contribution in [-0.4, -0.2) is 11.7 Å². The van der Waals surface area contributed by atoms with Crippen LogP contribution in [0.5, 0.6) is 0 Å². The molecule has 2 nitrogen and oxygen atoms in total. The zero-order chi connectivity index (χ0) is 9.14. The predicted molar refractivity (Wildman–Crippen MR) is 52.4 cm³/mol. The molecule has 0 radical (unpaired) electrons. The third-order valence-electron chi connectivity index (χ3n) is 1.84. The number of hydrogen-bond donors (Lipinski definition) is 2. The number of benzene rings is 1. The van der Waals surface area contributed by atoms with Crippen LogP contribution in [0.1, 0.15) is 17.2 Å². The summed E-state index contributed by atoms with van der Waals surface area (Å²) in [6, 6.07) is 3.90. The van der Waals surface area contributed by atoms with Crippen molar-refractivity contribution in [1.29, 1.82) is 0 Å². The highest BCUT2D eigenvalue weighted by atomic mass is 35.5. The Morgan fingerprint density at radius 2 is 2.15 bits per heavy atom. The molecule has 1 aromatic carbocycles. The molecule has 0 bridgehead atoms. The van der Waals surface area contributed by atoms with Crippen molar-refractivity contribution in [2.24, 2.45) is 5.73 Å². The number of hydrogen-bond acceptors (Lipinski definition) is 2. The molecular weight excluding hydrogens is 193 g/mol. The lowest BCUT2D eigenvalue weighted by Gasteiger charge is -2.11. The van der Waals surface area contributed by atoms with Gasteiger partial charge in [-0.2, -0.15) is 0 Å². The van der Waals surface area contributed by atoms with E-state index in [4.69, 9.17) is 10.8 Å². The molecule has 1 atom stereocenters. The Hall–Kier alpha value is -0.640. The van der Waals surface area contributed by atoms with Crippen molar-refractivity contribution in [1.82, 2.24) is 0 Å². The van der Waals surface area contributed by atoms with E-state index in [1.165, 1.54) is 12.1 Å². The second kappa shape index (κ2) is 5.17. The summed E-state index contributed by atoms with van der Waals surface area (Å²) in [6.45, 7) is 1.68. The van der Waals surface area contributed by atoms with Gasteiger partial charge in [-0.1, -0.05) is 6.07 Å². The second-order valence-corrected chi connectivity index (χ2v) is 2.79. The number of nitrogens with two attached hydrogens (primary N) is 1. The summed E-state index contributed by atoms with van der Waals surface area (Å²) in [5, 5.41) is 8.76. The Morgan fingerprint density at radius 1 is 1.54 bits per heavy atom. The number of aliphatic hydroxyl groups is 1. The van der Waals surface area contributed by atoms with Gasteiger partial charge in [0.05, 0.1) is 12.6 Å². The lowest BCUT2D eigenvalue weighted by Crippen LogP contribution is -2.15. The number of rotatable bonds is 2. The Morgan fingerprint density at radius 3 is 2.69 bits per heavy atom. The van der Waals surface area contributed by atoms with Gasteiger partial charge in [0, 0.05) is 0 Å². The van der Waals surface area contributed by atoms with Gasteiger partial charge in [-0.15, -0.1) is 12.4 Å².